The largest absolute Gasteiger partial charge is 0.353 e. The first-order valence-corrected chi connectivity index (χ1v) is 6.87. The smallest absolute Gasteiger partial charge is 0.205 e. The van der Waals surface area contributed by atoms with Crippen molar-refractivity contribution in [3.63, 3.8) is 0 Å². The van der Waals surface area contributed by atoms with Crippen molar-refractivity contribution in [1.82, 2.24) is 10.7 Å². The van der Waals surface area contributed by atoms with Crippen molar-refractivity contribution in [2.75, 3.05) is 18.1 Å². The maximum absolute atomic E-state index is 5.42. The van der Waals surface area contributed by atoms with Crippen LogP contribution in [-0.2, 0) is 0 Å². The Bertz CT molecular complexity index is 190. The second kappa shape index (κ2) is 7.82. The number of thioether (sulfide) groups is 1. The van der Waals surface area contributed by atoms with Crippen LogP contribution >= 0.6 is 11.8 Å². The lowest BCUT2D eigenvalue weighted by molar-refractivity contribution is 0.555. The van der Waals surface area contributed by atoms with Crippen molar-refractivity contribution in [3.05, 3.63) is 0 Å². The first-order valence-electron chi connectivity index (χ1n) is 5.72. The number of aliphatic imine (C=N–C) groups is 1. The van der Waals surface area contributed by atoms with Crippen LogP contribution in [0.15, 0.2) is 4.99 Å². The SMILES string of the molecule is CCCCN=C(NN)NC1CCSCC1. The Morgan fingerprint density at radius 2 is 2.20 bits per heavy atom. The van der Waals surface area contributed by atoms with Gasteiger partial charge in [-0.1, -0.05) is 13.3 Å². The average molecular weight is 230 g/mol. The molecule has 4 nitrogen and oxygen atoms in total. The van der Waals surface area contributed by atoms with E-state index in [2.05, 4.69) is 22.7 Å². The number of unbranched alkanes of at least 4 members (excludes halogenated alkanes) is 1. The van der Waals surface area contributed by atoms with Crippen LogP contribution in [0.25, 0.3) is 0 Å². The fraction of sp³-hybridized carbons (Fsp3) is 0.900. The maximum Gasteiger partial charge on any atom is 0.205 e. The molecule has 4 N–H and O–H groups in total. The summed E-state index contributed by atoms with van der Waals surface area (Å²) in [6.07, 6.45) is 4.70. The van der Waals surface area contributed by atoms with Gasteiger partial charge in [-0.3, -0.25) is 10.4 Å². The van der Waals surface area contributed by atoms with Gasteiger partial charge in [-0.2, -0.15) is 11.8 Å². The van der Waals surface area contributed by atoms with Gasteiger partial charge >= 0.3 is 0 Å². The van der Waals surface area contributed by atoms with E-state index in [1.54, 1.807) is 0 Å². The van der Waals surface area contributed by atoms with Crippen LogP contribution in [0.2, 0.25) is 0 Å². The highest BCUT2D eigenvalue weighted by Gasteiger charge is 2.14. The summed E-state index contributed by atoms with van der Waals surface area (Å²) >= 11 is 2.02. The number of guanidine groups is 1. The molecule has 1 saturated heterocycles. The molecule has 88 valence electrons. The van der Waals surface area contributed by atoms with Crippen LogP contribution in [-0.4, -0.2) is 30.1 Å². The van der Waals surface area contributed by atoms with Crippen LogP contribution in [0.1, 0.15) is 32.6 Å². The highest BCUT2D eigenvalue weighted by molar-refractivity contribution is 7.99. The Balaban J connectivity index is 2.27. The van der Waals surface area contributed by atoms with Crippen molar-refractivity contribution >= 4 is 17.7 Å². The third kappa shape index (κ3) is 5.28. The molecule has 0 radical (unpaired) electrons. The molecule has 5 heteroatoms. The molecule has 0 aromatic carbocycles. The zero-order valence-electron chi connectivity index (χ0n) is 9.46. The van der Waals surface area contributed by atoms with Gasteiger partial charge in [0, 0.05) is 12.6 Å². The molecule has 0 unspecified atom stereocenters. The third-order valence-electron chi connectivity index (χ3n) is 2.48. The second-order valence-corrected chi connectivity index (χ2v) is 4.98. The van der Waals surface area contributed by atoms with Crippen molar-refractivity contribution in [2.24, 2.45) is 10.8 Å². The van der Waals surface area contributed by atoms with Crippen LogP contribution < -0.4 is 16.6 Å². The summed E-state index contributed by atoms with van der Waals surface area (Å²) < 4.78 is 0. The Hall–Kier alpha value is -0.420. The van der Waals surface area contributed by atoms with Gasteiger partial charge in [-0.15, -0.1) is 0 Å². The Morgan fingerprint density at radius 1 is 1.47 bits per heavy atom. The summed E-state index contributed by atoms with van der Waals surface area (Å²) in [6.45, 7) is 3.02. The maximum atomic E-state index is 5.42. The average Bonchev–Trinajstić information content (AvgIpc) is 2.29. The molecule has 15 heavy (non-hydrogen) atoms. The lowest BCUT2D eigenvalue weighted by Gasteiger charge is -2.23. The number of rotatable bonds is 4. The minimum Gasteiger partial charge on any atom is -0.353 e. The molecule has 0 aromatic rings. The zero-order chi connectivity index (χ0) is 10.9. The van der Waals surface area contributed by atoms with Gasteiger partial charge in [-0.25, -0.2) is 5.84 Å². The molecule has 1 heterocycles. The first-order chi connectivity index (χ1) is 7.36. The zero-order valence-corrected chi connectivity index (χ0v) is 10.3. The Kier molecular flexibility index (Phi) is 6.59. The van der Waals surface area contributed by atoms with Gasteiger partial charge in [0.1, 0.15) is 0 Å². The summed E-state index contributed by atoms with van der Waals surface area (Å²) in [5.41, 5.74) is 2.64. The molecular weight excluding hydrogens is 208 g/mol. The molecule has 1 aliphatic heterocycles. The quantitative estimate of drug-likeness (QED) is 0.222. The fourth-order valence-corrected chi connectivity index (χ4v) is 2.62. The van der Waals surface area contributed by atoms with E-state index in [1.807, 2.05) is 11.8 Å². The monoisotopic (exact) mass is 230 g/mol. The molecule has 0 aliphatic carbocycles. The number of hydrogen-bond donors (Lipinski definition) is 3. The van der Waals surface area contributed by atoms with Crippen molar-refractivity contribution in [1.29, 1.82) is 0 Å². The van der Waals surface area contributed by atoms with Crippen LogP contribution in [0.5, 0.6) is 0 Å². The summed E-state index contributed by atoms with van der Waals surface area (Å²) in [5, 5.41) is 3.37. The van der Waals surface area contributed by atoms with Gasteiger partial charge < -0.3 is 5.32 Å². The minimum atomic E-state index is 0.544. The summed E-state index contributed by atoms with van der Waals surface area (Å²) in [7, 11) is 0. The summed E-state index contributed by atoms with van der Waals surface area (Å²) in [5.74, 6) is 8.66. The first kappa shape index (κ1) is 12.6. The molecule has 0 spiro atoms. The number of nitrogens with zero attached hydrogens (tertiary/aromatic N) is 1. The molecule has 0 aromatic heterocycles. The molecule has 0 bridgehead atoms. The lowest BCUT2D eigenvalue weighted by Crippen LogP contribution is -2.47. The number of nitrogens with one attached hydrogen (secondary N) is 2. The topological polar surface area (TPSA) is 62.4 Å². The van der Waals surface area contributed by atoms with Gasteiger partial charge in [0.05, 0.1) is 0 Å². The second-order valence-electron chi connectivity index (χ2n) is 3.76. The molecule has 0 saturated carbocycles. The van der Waals surface area contributed by atoms with Gasteiger partial charge in [0.2, 0.25) is 5.96 Å². The van der Waals surface area contributed by atoms with E-state index in [1.165, 1.54) is 30.8 Å². The number of hydrogen-bond acceptors (Lipinski definition) is 3. The van der Waals surface area contributed by atoms with E-state index in [9.17, 15) is 0 Å². The van der Waals surface area contributed by atoms with Gasteiger partial charge in [0.25, 0.3) is 0 Å². The number of hydrazine groups is 1. The normalized spacial score (nSPS) is 18.9. The molecule has 1 aliphatic rings. The molecular formula is C10H22N4S. The molecule has 0 atom stereocenters. The van der Waals surface area contributed by atoms with E-state index >= 15 is 0 Å². The van der Waals surface area contributed by atoms with E-state index in [-0.39, 0.29) is 0 Å². The van der Waals surface area contributed by atoms with E-state index in [0.29, 0.717) is 6.04 Å². The van der Waals surface area contributed by atoms with Gasteiger partial charge in [-0.05, 0) is 30.8 Å². The van der Waals surface area contributed by atoms with Crippen LogP contribution in [0.3, 0.4) is 0 Å². The fourth-order valence-electron chi connectivity index (χ4n) is 1.52. The predicted molar refractivity (Wildman–Crippen MR) is 68.0 cm³/mol. The minimum absolute atomic E-state index is 0.544. The lowest BCUT2D eigenvalue weighted by atomic mass is 10.2. The van der Waals surface area contributed by atoms with Crippen LogP contribution in [0, 0.1) is 0 Å². The summed E-state index contributed by atoms with van der Waals surface area (Å²) in [6, 6.07) is 0.544. The van der Waals surface area contributed by atoms with E-state index in [4.69, 9.17) is 5.84 Å². The van der Waals surface area contributed by atoms with E-state index in [0.717, 1.165) is 18.9 Å². The van der Waals surface area contributed by atoms with Crippen molar-refractivity contribution in [2.45, 2.75) is 38.6 Å². The Labute approximate surface area is 96.4 Å². The highest BCUT2D eigenvalue weighted by Crippen LogP contribution is 2.16. The van der Waals surface area contributed by atoms with Crippen molar-refractivity contribution in [3.8, 4) is 0 Å². The third-order valence-corrected chi connectivity index (χ3v) is 3.53. The van der Waals surface area contributed by atoms with Crippen LogP contribution in [0.4, 0.5) is 0 Å². The Morgan fingerprint density at radius 3 is 2.80 bits per heavy atom. The molecule has 0 amide bonds. The molecule has 1 rings (SSSR count). The van der Waals surface area contributed by atoms with Crippen molar-refractivity contribution < 1.29 is 0 Å². The summed E-state index contributed by atoms with van der Waals surface area (Å²) in [4.78, 5) is 4.39. The van der Waals surface area contributed by atoms with E-state index < -0.39 is 0 Å². The highest BCUT2D eigenvalue weighted by atomic mass is 32.2. The predicted octanol–water partition coefficient (Wildman–Crippen LogP) is 1.09. The standard InChI is InChI=1S/C10H22N4S/c1-2-3-6-12-10(14-11)13-9-4-7-15-8-5-9/h9H,2-8,11H2,1H3,(H2,12,13,14). The van der Waals surface area contributed by atoms with Gasteiger partial charge in [0.15, 0.2) is 0 Å². The molecule has 1 fully saturated rings. The number of nitrogens with two attached hydrogens (primary N) is 1.